The number of carboxylic acid groups (broad SMARTS) is 1. The molecule has 3 rings (SSSR count). The van der Waals surface area contributed by atoms with Gasteiger partial charge in [0.1, 0.15) is 11.5 Å². The summed E-state index contributed by atoms with van der Waals surface area (Å²) < 4.78 is 10.7. The first-order valence-electron chi connectivity index (χ1n) is 9.82. The van der Waals surface area contributed by atoms with Gasteiger partial charge >= 0.3 is 17.9 Å². The SMILES string of the molecule is CC#Cc1ccc(C(=O)Oc2ccc(OC(=O)c3ccc(CCC(=O)O)cc3)cc2)cc1. The molecule has 160 valence electrons. The fourth-order valence-corrected chi connectivity index (χ4v) is 2.80. The van der Waals surface area contributed by atoms with Crippen molar-refractivity contribution in [1.82, 2.24) is 0 Å². The van der Waals surface area contributed by atoms with Crippen LogP contribution in [0.1, 0.15) is 45.2 Å². The Morgan fingerprint density at radius 3 is 1.66 bits per heavy atom. The van der Waals surface area contributed by atoms with Crippen molar-refractivity contribution in [2.45, 2.75) is 19.8 Å². The minimum absolute atomic E-state index is 0.0274. The number of aryl methyl sites for hydroxylation is 1. The van der Waals surface area contributed by atoms with Crippen LogP contribution in [0.2, 0.25) is 0 Å². The van der Waals surface area contributed by atoms with E-state index in [1.165, 1.54) is 24.3 Å². The van der Waals surface area contributed by atoms with Crippen LogP contribution >= 0.6 is 0 Å². The number of carbonyl (C=O) groups excluding carboxylic acids is 2. The molecule has 0 spiro atoms. The molecule has 0 radical (unpaired) electrons. The maximum Gasteiger partial charge on any atom is 0.343 e. The molecule has 0 aliphatic heterocycles. The normalized spacial score (nSPS) is 9.91. The standard InChI is InChI=1S/C26H20O6/c1-2-3-18-4-9-20(10-5-18)25(29)31-22-13-15-23(16-14-22)32-26(30)21-11-6-19(7-12-21)8-17-24(27)28/h4-7,9-16H,8,17H2,1H3,(H,27,28). The molecule has 0 unspecified atom stereocenters. The third kappa shape index (κ3) is 6.31. The van der Waals surface area contributed by atoms with E-state index in [0.717, 1.165) is 11.1 Å². The first-order valence-corrected chi connectivity index (χ1v) is 9.82. The lowest BCUT2D eigenvalue weighted by molar-refractivity contribution is -0.136. The van der Waals surface area contributed by atoms with E-state index in [9.17, 15) is 14.4 Å². The van der Waals surface area contributed by atoms with Crippen LogP contribution < -0.4 is 9.47 Å². The Morgan fingerprint density at radius 2 is 1.22 bits per heavy atom. The van der Waals surface area contributed by atoms with Crippen molar-refractivity contribution >= 4 is 17.9 Å². The first-order chi connectivity index (χ1) is 15.4. The molecule has 0 aromatic heterocycles. The molecular weight excluding hydrogens is 408 g/mol. The Balaban J connectivity index is 1.56. The zero-order chi connectivity index (χ0) is 22.9. The fraction of sp³-hybridized carbons (Fsp3) is 0.115. The lowest BCUT2D eigenvalue weighted by Crippen LogP contribution is -2.09. The predicted octanol–water partition coefficient (Wildman–Crippen LogP) is 4.51. The number of hydrogen-bond acceptors (Lipinski definition) is 5. The second-order valence-corrected chi connectivity index (χ2v) is 6.79. The van der Waals surface area contributed by atoms with Crippen LogP contribution in [0, 0.1) is 11.8 Å². The van der Waals surface area contributed by atoms with Crippen molar-refractivity contribution in [2.24, 2.45) is 0 Å². The molecule has 0 heterocycles. The van der Waals surface area contributed by atoms with Crippen LogP contribution in [0.5, 0.6) is 11.5 Å². The fourth-order valence-electron chi connectivity index (χ4n) is 2.80. The highest BCUT2D eigenvalue weighted by Crippen LogP contribution is 2.20. The Hall–Kier alpha value is -4.37. The lowest BCUT2D eigenvalue weighted by Gasteiger charge is -2.07. The van der Waals surface area contributed by atoms with E-state index >= 15 is 0 Å². The number of carbonyl (C=O) groups is 3. The van der Waals surface area contributed by atoms with E-state index in [1.807, 2.05) is 0 Å². The topological polar surface area (TPSA) is 89.9 Å². The molecule has 6 heteroatoms. The van der Waals surface area contributed by atoms with Gasteiger partial charge < -0.3 is 14.6 Å². The van der Waals surface area contributed by atoms with Crippen molar-refractivity contribution in [3.05, 3.63) is 95.1 Å². The third-order valence-electron chi connectivity index (χ3n) is 4.45. The lowest BCUT2D eigenvalue weighted by atomic mass is 10.1. The predicted molar refractivity (Wildman–Crippen MR) is 118 cm³/mol. The number of esters is 2. The van der Waals surface area contributed by atoms with Gasteiger partial charge in [-0.2, -0.15) is 0 Å². The third-order valence-corrected chi connectivity index (χ3v) is 4.45. The summed E-state index contributed by atoms with van der Waals surface area (Å²) in [4.78, 5) is 35.2. The van der Waals surface area contributed by atoms with E-state index in [1.54, 1.807) is 55.5 Å². The number of aliphatic carboxylic acids is 1. The second-order valence-electron chi connectivity index (χ2n) is 6.79. The molecular formula is C26H20O6. The maximum atomic E-state index is 12.3. The summed E-state index contributed by atoms with van der Waals surface area (Å²) in [5.41, 5.74) is 2.37. The zero-order valence-electron chi connectivity index (χ0n) is 17.3. The molecule has 6 nitrogen and oxygen atoms in total. The smallest absolute Gasteiger partial charge is 0.343 e. The monoisotopic (exact) mass is 428 g/mol. The molecule has 0 bridgehead atoms. The minimum atomic E-state index is -0.873. The van der Waals surface area contributed by atoms with Gasteiger partial charge in [0.2, 0.25) is 0 Å². The number of carboxylic acids is 1. The van der Waals surface area contributed by atoms with Crippen LogP contribution in [-0.4, -0.2) is 23.0 Å². The van der Waals surface area contributed by atoms with Crippen molar-refractivity contribution < 1.29 is 29.0 Å². The highest BCUT2D eigenvalue weighted by molar-refractivity contribution is 5.92. The summed E-state index contributed by atoms with van der Waals surface area (Å²) in [6, 6.07) is 19.5. The van der Waals surface area contributed by atoms with E-state index < -0.39 is 17.9 Å². The number of hydrogen-bond donors (Lipinski definition) is 1. The van der Waals surface area contributed by atoms with Gasteiger partial charge in [-0.25, -0.2) is 9.59 Å². The summed E-state index contributed by atoms with van der Waals surface area (Å²) in [5, 5.41) is 8.73. The quantitative estimate of drug-likeness (QED) is 0.338. The molecule has 0 saturated carbocycles. The average Bonchev–Trinajstić information content (AvgIpc) is 2.80. The molecule has 0 fully saturated rings. The van der Waals surface area contributed by atoms with Crippen LogP contribution in [-0.2, 0) is 11.2 Å². The number of benzene rings is 3. The van der Waals surface area contributed by atoms with Gasteiger partial charge in [-0.3, -0.25) is 4.79 Å². The highest BCUT2D eigenvalue weighted by Gasteiger charge is 2.11. The molecule has 32 heavy (non-hydrogen) atoms. The molecule has 3 aromatic rings. The summed E-state index contributed by atoms with van der Waals surface area (Å²) in [7, 11) is 0. The highest BCUT2D eigenvalue weighted by atomic mass is 16.5. The molecule has 0 amide bonds. The second kappa shape index (κ2) is 10.6. The summed E-state index contributed by atoms with van der Waals surface area (Å²) in [6.45, 7) is 1.74. The van der Waals surface area contributed by atoms with E-state index in [2.05, 4.69) is 11.8 Å². The summed E-state index contributed by atoms with van der Waals surface area (Å²) >= 11 is 0. The van der Waals surface area contributed by atoms with Gasteiger partial charge in [-0.1, -0.05) is 18.1 Å². The van der Waals surface area contributed by atoms with Gasteiger partial charge in [-0.15, -0.1) is 5.92 Å². The van der Waals surface area contributed by atoms with Gasteiger partial charge in [0.25, 0.3) is 0 Å². The van der Waals surface area contributed by atoms with Crippen molar-refractivity contribution in [2.75, 3.05) is 0 Å². The number of rotatable bonds is 7. The Morgan fingerprint density at radius 1 is 0.750 bits per heavy atom. The van der Waals surface area contributed by atoms with Crippen molar-refractivity contribution in [3.8, 4) is 23.3 Å². The van der Waals surface area contributed by atoms with Gasteiger partial charge in [-0.05, 0) is 79.6 Å². The van der Waals surface area contributed by atoms with Crippen LogP contribution in [0.15, 0.2) is 72.8 Å². The molecule has 0 aliphatic carbocycles. The average molecular weight is 428 g/mol. The van der Waals surface area contributed by atoms with Crippen LogP contribution in [0.25, 0.3) is 0 Å². The molecule has 0 atom stereocenters. The van der Waals surface area contributed by atoms with Crippen LogP contribution in [0.3, 0.4) is 0 Å². The summed E-state index contributed by atoms with van der Waals surface area (Å²) in [5.74, 6) is 4.38. The Kier molecular flexibility index (Phi) is 7.39. The van der Waals surface area contributed by atoms with Crippen molar-refractivity contribution in [3.63, 3.8) is 0 Å². The van der Waals surface area contributed by atoms with Gasteiger partial charge in [0.05, 0.1) is 11.1 Å². The maximum absolute atomic E-state index is 12.3. The Bertz CT molecular complexity index is 1160. The van der Waals surface area contributed by atoms with Gasteiger partial charge in [0, 0.05) is 12.0 Å². The summed E-state index contributed by atoms with van der Waals surface area (Å²) in [6.07, 6.45) is 0.418. The van der Waals surface area contributed by atoms with E-state index in [4.69, 9.17) is 14.6 Å². The molecule has 3 aromatic carbocycles. The Labute approximate surface area is 185 Å². The van der Waals surface area contributed by atoms with Gasteiger partial charge in [0.15, 0.2) is 0 Å². The first kappa shape index (κ1) is 22.3. The molecule has 0 aliphatic rings. The van der Waals surface area contributed by atoms with Crippen LogP contribution in [0.4, 0.5) is 0 Å². The number of ether oxygens (including phenoxy) is 2. The molecule has 1 N–H and O–H groups in total. The van der Waals surface area contributed by atoms with E-state index in [-0.39, 0.29) is 6.42 Å². The minimum Gasteiger partial charge on any atom is -0.481 e. The molecule has 0 saturated heterocycles. The largest absolute Gasteiger partial charge is 0.481 e. The zero-order valence-corrected chi connectivity index (χ0v) is 17.3. The van der Waals surface area contributed by atoms with E-state index in [0.29, 0.717) is 29.0 Å². The van der Waals surface area contributed by atoms with Crippen molar-refractivity contribution in [1.29, 1.82) is 0 Å².